The van der Waals surface area contributed by atoms with Gasteiger partial charge in [-0.05, 0) is 26.8 Å². The zero-order valence-electron chi connectivity index (χ0n) is 10.5. The summed E-state index contributed by atoms with van der Waals surface area (Å²) in [5, 5.41) is 23.3. The number of pyridine rings is 1. The van der Waals surface area contributed by atoms with Gasteiger partial charge in [-0.1, -0.05) is 0 Å². The van der Waals surface area contributed by atoms with E-state index in [1.165, 1.54) is 12.1 Å². The Morgan fingerprint density at radius 3 is 2.61 bits per heavy atom. The first-order chi connectivity index (χ1) is 8.27. The third-order valence-corrected chi connectivity index (χ3v) is 2.70. The van der Waals surface area contributed by atoms with Crippen molar-refractivity contribution in [2.45, 2.75) is 32.4 Å². The number of nitrogens with zero attached hydrogens (tertiary/aromatic N) is 2. The number of nitrogens with one attached hydrogen (secondary N) is 2. The van der Waals surface area contributed by atoms with Gasteiger partial charge >= 0.3 is 5.69 Å². The van der Waals surface area contributed by atoms with Gasteiger partial charge in [0.1, 0.15) is 5.82 Å². The van der Waals surface area contributed by atoms with Crippen molar-refractivity contribution in [1.29, 1.82) is 0 Å². The van der Waals surface area contributed by atoms with Gasteiger partial charge in [-0.15, -0.1) is 0 Å². The Bertz CT molecular complexity index is 447. The molecule has 0 aromatic carbocycles. The summed E-state index contributed by atoms with van der Waals surface area (Å²) in [5.74, 6) is 5.56. The number of aliphatic hydroxyl groups is 1. The van der Waals surface area contributed by atoms with Crippen molar-refractivity contribution >= 4 is 17.3 Å². The Hall–Kier alpha value is -1.93. The molecule has 0 bridgehead atoms. The fourth-order valence-electron chi connectivity index (χ4n) is 1.18. The molecule has 0 fully saturated rings. The SMILES string of the molecule is CC(O)C(C)(C)Nc1nc(NN)ccc1[N+](=O)[O-]. The molecule has 8 heteroatoms. The van der Waals surface area contributed by atoms with Gasteiger partial charge in [-0.2, -0.15) is 0 Å². The first-order valence-corrected chi connectivity index (χ1v) is 5.36. The lowest BCUT2D eigenvalue weighted by Crippen LogP contribution is -2.42. The molecular formula is C10H17N5O3. The molecule has 5 N–H and O–H groups in total. The van der Waals surface area contributed by atoms with Crippen molar-refractivity contribution in [3.8, 4) is 0 Å². The van der Waals surface area contributed by atoms with Crippen LogP contribution in [-0.2, 0) is 0 Å². The molecule has 1 heterocycles. The molecule has 0 saturated heterocycles. The van der Waals surface area contributed by atoms with Crippen molar-refractivity contribution < 1.29 is 10.0 Å². The summed E-state index contributed by atoms with van der Waals surface area (Å²) in [4.78, 5) is 14.3. The van der Waals surface area contributed by atoms with Crippen molar-refractivity contribution in [2.75, 3.05) is 10.7 Å². The van der Waals surface area contributed by atoms with E-state index in [0.717, 1.165) is 0 Å². The molecular weight excluding hydrogens is 238 g/mol. The normalized spacial score (nSPS) is 12.9. The molecule has 0 radical (unpaired) electrons. The third-order valence-electron chi connectivity index (χ3n) is 2.70. The monoisotopic (exact) mass is 255 g/mol. The molecule has 1 atom stereocenters. The second kappa shape index (κ2) is 5.15. The Labute approximate surface area is 104 Å². The van der Waals surface area contributed by atoms with Crippen LogP contribution < -0.4 is 16.6 Å². The topological polar surface area (TPSA) is 126 Å². The smallest absolute Gasteiger partial charge is 0.311 e. The Morgan fingerprint density at radius 2 is 2.17 bits per heavy atom. The largest absolute Gasteiger partial charge is 0.391 e. The van der Waals surface area contributed by atoms with E-state index in [-0.39, 0.29) is 11.5 Å². The molecule has 1 rings (SSSR count). The van der Waals surface area contributed by atoms with Crippen LogP contribution >= 0.6 is 0 Å². The molecule has 0 aliphatic carbocycles. The van der Waals surface area contributed by atoms with E-state index in [4.69, 9.17) is 5.84 Å². The summed E-state index contributed by atoms with van der Waals surface area (Å²) >= 11 is 0. The molecule has 100 valence electrons. The number of nitro groups is 1. The standard InChI is InChI=1S/C10H17N5O3/c1-6(16)10(2,3)13-9-7(15(17)18)4-5-8(12-9)14-11/h4-6,16H,11H2,1-3H3,(H2,12,13,14). The van der Waals surface area contributed by atoms with Crippen LogP contribution in [0.2, 0.25) is 0 Å². The lowest BCUT2D eigenvalue weighted by Gasteiger charge is -2.29. The molecule has 8 nitrogen and oxygen atoms in total. The fraction of sp³-hybridized carbons (Fsp3) is 0.500. The third kappa shape index (κ3) is 3.05. The highest BCUT2D eigenvalue weighted by Crippen LogP contribution is 2.27. The number of rotatable bonds is 5. The van der Waals surface area contributed by atoms with Crippen LogP contribution in [0.3, 0.4) is 0 Å². The predicted octanol–water partition coefficient (Wildman–Crippen LogP) is 0.847. The van der Waals surface area contributed by atoms with Gasteiger partial charge in [0, 0.05) is 6.07 Å². The van der Waals surface area contributed by atoms with Crippen LogP contribution in [-0.4, -0.2) is 26.7 Å². The van der Waals surface area contributed by atoms with Gasteiger partial charge in [-0.25, -0.2) is 10.8 Å². The van der Waals surface area contributed by atoms with Gasteiger partial charge in [-0.3, -0.25) is 10.1 Å². The van der Waals surface area contributed by atoms with Crippen molar-refractivity contribution in [2.24, 2.45) is 5.84 Å². The summed E-state index contributed by atoms with van der Waals surface area (Å²) in [5.41, 5.74) is 1.38. The zero-order chi connectivity index (χ0) is 13.9. The van der Waals surface area contributed by atoms with E-state index < -0.39 is 16.6 Å². The van der Waals surface area contributed by atoms with Crippen LogP contribution in [0.5, 0.6) is 0 Å². The summed E-state index contributed by atoms with van der Waals surface area (Å²) in [6.07, 6.45) is -0.714. The van der Waals surface area contributed by atoms with Crippen molar-refractivity contribution in [1.82, 2.24) is 4.98 Å². The Balaban J connectivity index is 3.16. The van der Waals surface area contributed by atoms with Gasteiger partial charge < -0.3 is 15.8 Å². The number of nitrogen functional groups attached to an aromatic ring is 1. The second-order valence-corrected chi connectivity index (χ2v) is 4.49. The lowest BCUT2D eigenvalue weighted by molar-refractivity contribution is -0.384. The molecule has 1 aromatic heterocycles. The summed E-state index contributed by atoms with van der Waals surface area (Å²) in [7, 11) is 0. The molecule has 18 heavy (non-hydrogen) atoms. The zero-order valence-corrected chi connectivity index (χ0v) is 10.5. The van der Waals surface area contributed by atoms with Crippen LogP contribution in [0.15, 0.2) is 12.1 Å². The van der Waals surface area contributed by atoms with E-state index in [1.807, 2.05) is 0 Å². The number of hydrogen-bond donors (Lipinski definition) is 4. The minimum Gasteiger partial charge on any atom is -0.391 e. The number of anilines is 2. The first-order valence-electron chi connectivity index (χ1n) is 5.36. The average Bonchev–Trinajstić information content (AvgIpc) is 2.27. The van der Waals surface area contributed by atoms with Gasteiger partial charge in [0.05, 0.1) is 16.6 Å². The molecule has 0 spiro atoms. The first kappa shape index (κ1) is 14.1. The quantitative estimate of drug-likeness (QED) is 0.349. The van der Waals surface area contributed by atoms with E-state index in [0.29, 0.717) is 5.82 Å². The lowest BCUT2D eigenvalue weighted by atomic mass is 9.99. The van der Waals surface area contributed by atoms with Crippen LogP contribution in [0.1, 0.15) is 20.8 Å². The number of hydrogen-bond acceptors (Lipinski definition) is 7. The van der Waals surface area contributed by atoms with E-state index >= 15 is 0 Å². The number of nitrogens with two attached hydrogens (primary N) is 1. The van der Waals surface area contributed by atoms with Gasteiger partial charge in [0.15, 0.2) is 0 Å². The highest BCUT2D eigenvalue weighted by molar-refractivity contribution is 5.61. The van der Waals surface area contributed by atoms with Crippen LogP contribution in [0.25, 0.3) is 0 Å². The summed E-state index contributed by atoms with van der Waals surface area (Å²) in [6, 6.07) is 2.70. The maximum absolute atomic E-state index is 10.9. The van der Waals surface area contributed by atoms with E-state index in [1.54, 1.807) is 20.8 Å². The minimum absolute atomic E-state index is 0.0568. The van der Waals surface area contributed by atoms with E-state index in [2.05, 4.69) is 15.7 Å². The van der Waals surface area contributed by atoms with Crippen molar-refractivity contribution in [3.05, 3.63) is 22.2 Å². The van der Waals surface area contributed by atoms with Gasteiger partial charge in [0.25, 0.3) is 0 Å². The molecule has 0 amide bonds. The molecule has 0 aliphatic rings. The molecule has 0 saturated carbocycles. The van der Waals surface area contributed by atoms with Crippen LogP contribution in [0, 0.1) is 10.1 Å². The molecule has 1 aromatic rings. The van der Waals surface area contributed by atoms with Crippen LogP contribution in [0.4, 0.5) is 17.3 Å². The fourth-order valence-corrected chi connectivity index (χ4v) is 1.18. The summed E-state index contributed by atoms with van der Waals surface area (Å²) < 4.78 is 0. The second-order valence-electron chi connectivity index (χ2n) is 4.49. The number of hydrazine groups is 1. The molecule has 1 unspecified atom stereocenters. The summed E-state index contributed by atoms with van der Waals surface area (Å²) in [6.45, 7) is 5.01. The maximum Gasteiger partial charge on any atom is 0.311 e. The Kier molecular flexibility index (Phi) is 4.04. The van der Waals surface area contributed by atoms with Crippen molar-refractivity contribution in [3.63, 3.8) is 0 Å². The number of aliphatic hydroxyl groups excluding tert-OH is 1. The number of aromatic nitrogens is 1. The van der Waals surface area contributed by atoms with Gasteiger partial charge in [0.2, 0.25) is 5.82 Å². The maximum atomic E-state index is 10.9. The highest BCUT2D eigenvalue weighted by atomic mass is 16.6. The minimum atomic E-state index is -0.759. The van der Waals surface area contributed by atoms with E-state index in [9.17, 15) is 15.2 Å². The molecule has 0 aliphatic heterocycles. The average molecular weight is 255 g/mol. The predicted molar refractivity (Wildman–Crippen MR) is 68.1 cm³/mol. The highest BCUT2D eigenvalue weighted by Gasteiger charge is 2.28. The Morgan fingerprint density at radius 1 is 1.56 bits per heavy atom.